The molecule has 1 aliphatic rings. The Morgan fingerprint density at radius 1 is 1.05 bits per heavy atom. The lowest BCUT2D eigenvalue weighted by molar-refractivity contribution is -0.139. The van der Waals surface area contributed by atoms with Crippen molar-refractivity contribution in [1.29, 1.82) is 0 Å². The summed E-state index contributed by atoms with van der Waals surface area (Å²) in [4.78, 5) is 14.5. The molecule has 2 unspecified atom stereocenters. The number of hydrogen-bond acceptors (Lipinski definition) is 6. The Morgan fingerprint density at radius 2 is 1.70 bits per heavy atom. The first-order valence-electron chi connectivity index (χ1n) is 13.4. The smallest absolute Gasteiger partial charge is 0.472 e. The molecular formula is C29H39F3NO6P. The van der Waals surface area contributed by atoms with Crippen molar-refractivity contribution in [2.45, 2.75) is 84.0 Å². The van der Waals surface area contributed by atoms with Crippen molar-refractivity contribution in [2.75, 3.05) is 19.8 Å². The number of aryl methyl sites for hydroxylation is 3. The van der Waals surface area contributed by atoms with Gasteiger partial charge in [0.2, 0.25) is 0 Å². The minimum absolute atomic E-state index is 0.0723. The van der Waals surface area contributed by atoms with Gasteiger partial charge in [-0.1, -0.05) is 37.3 Å². The third kappa shape index (κ3) is 9.91. The van der Waals surface area contributed by atoms with Crippen molar-refractivity contribution in [1.82, 2.24) is 0 Å². The van der Waals surface area contributed by atoms with E-state index in [-0.39, 0.29) is 38.4 Å². The summed E-state index contributed by atoms with van der Waals surface area (Å²) in [5, 5.41) is 0. The average Bonchev–Trinajstić information content (AvgIpc) is 3.24. The first-order valence-corrected chi connectivity index (χ1v) is 14.9. The number of nitrogens with zero attached hydrogens (tertiary/aromatic N) is 1. The summed E-state index contributed by atoms with van der Waals surface area (Å²) in [6.45, 7) is 8.51. The van der Waals surface area contributed by atoms with E-state index >= 15 is 0 Å². The Bertz CT molecular complexity index is 1210. The van der Waals surface area contributed by atoms with Gasteiger partial charge in [-0.3, -0.25) is 9.05 Å². The normalized spacial score (nSPS) is 19.2. The number of alkyl halides is 3. The van der Waals surface area contributed by atoms with Crippen LogP contribution in [0.4, 0.5) is 13.2 Å². The van der Waals surface area contributed by atoms with Gasteiger partial charge in [0.1, 0.15) is 17.9 Å². The fraction of sp³-hybridized carbons (Fsp3) is 0.552. The quantitative estimate of drug-likeness (QED) is 0.196. The molecule has 2 aromatic rings. The molecule has 40 heavy (non-hydrogen) atoms. The first-order chi connectivity index (χ1) is 18.6. The molecule has 0 spiro atoms. The molecule has 0 aliphatic carbocycles. The van der Waals surface area contributed by atoms with E-state index in [0.29, 0.717) is 24.3 Å². The van der Waals surface area contributed by atoms with Gasteiger partial charge >= 0.3 is 14.0 Å². The van der Waals surface area contributed by atoms with Gasteiger partial charge in [-0.2, -0.15) is 13.2 Å². The Labute approximate surface area is 234 Å². The molecular weight excluding hydrogens is 546 g/mol. The fourth-order valence-electron chi connectivity index (χ4n) is 4.34. The van der Waals surface area contributed by atoms with Gasteiger partial charge in [0.25, 0.3) is 0 Å². The standard InChI is InChI=1S/C29H39F3NO6P/c1-6-22-9-11-23(12-10-22)8-7-17-36-26-14-13-24(18-25(26)29(30,31)32)15-16-28(19-37-21(2)33-28)20-38-40(34,35)39-27(3,4)5/h9-14,18H,6-8,15-17,19-20H2,1-5H3,(H,34,35). The number of rotatable bonds is 13. The second-order valence-electron chi connectivity index (χ2n) is 11.0. The Hall–Kier alpha value is -2.39. The van der Waals surface area contributed by atoms with Gasteiger partial charge < -0.3 is 14.4 Å². The highest BCUT2D eigenvalue weighted by atomic mass is 31.2. The molecule has 0 saturated heterocycles. The third-order valence-corrected chi connectivity index (χ3v) is 7.59. The van der Waals surface area contributed by atoms with Crippen molar-refractivity contribution < 1.29 is 41.2 Å². The molecule has 7 nitrogen and oxygen atoms in total. The van der Waals surface area contributed by atoms with Gasteiger partial charge in [-0.15, -0.1) is 0 Å². The zero-order chi connectivity index (χ0) is 29.6. The minimum Gasteiger partial charge on any atom is -0.493 e. The maximum absolute atomic E-state index is 13.9. The Balaban J connectivity index is 1.64. The Morgan fingerprint density at radius 3 is 2.27 bits per heavy atom. The first kappa shape index (κ1) is 32.1. The van der Waals surface area contributed by atoms with E-state index in [2.05, 4.69) is 24.0 Å². The van der Waals surface area contributed by atoms with Crippen LogP contribution in [0.1, 0.15) is 69.7 Å². The second kappa shape index (κ2) is 13.1. The van der Waals surface area contributed by atoms with Gasteiger partial charge in [-0.05, 0) is 81.7 Å². The highest BCUT2D eigenvalue weighted by Gasteiger charge is 2.40. The van der Waals surface area contributed by atoms with Gasteiger partial charge in [-0.25, -0.2) is 9.56 Å². The molecule has 3 rings (SSSR count). The maximum Gasteiger partial charge on any atom is 0.472 e. The number of phosphoric ester groups is 1. The maximum atomic E-state index is 13.9. The molecule has 0 radical (unpaired) electrons. The monoisotopic (exact) mass is 585 g/mol. The zero-order valence-electron chi connectivity index (χ0n) is 23.7. The number of phosphoric acid groups is 1. The van der Waals surface area contributed by atoms with E-state index in [4.69, 9.17) is 18.5 Å². The van der Waals surface area contributed by atoms with E-state index in [9.17, 15) is 22.6 Å². The van der Waals surface area contributed by atoms with Crippen LogP contribution < -0.4 is 4.74 Å². The summed E-state index contributed by atoms with van der Waals surface area (Å²) in [6.07, 6.45) is -1.92. The molecule has 2 atom stereocenters. The van der Waals surface area contributed by atoms with Crippen molar-refractivity contribution in [3.8, 4) is 5.75 Å². The van der Waals surface area contributed by atoms with Crippen molar-refractivity contribution >= 4 is 13.7 Å². The zero-order valence-corrected chi connectivity index (χ0v) is 24.6. The summed E-state index contributed by atoms with van der Waals surface area (Å²) in [5.74, 6) is 0.156. The van der Waals surface area contributed by atoms with Crippen LogP contribution >= 0.6 is 7.82 Å². The van der Waals surface area contributed by atoms with Gasteiger partial charge in [0.15, 0.2) is 5.90 Å². The van der Waals surface area contributed by atoms with Crippen LogP contribution in [0.25, 0.3) is 0 Å². The summed E-state index contributed by atoms with van der Waals surface area (Å²) in [5.41, 5.74) is -0.0237. The summed E-state index contributed by atoms with van der Waals surface area (Å²) >= 11 is 0. The molecule has 0 fully saturated rings. The lowest BCUT2D eigenvalue weighted by Crippen LogP contribution is -2.35. The van der Waals surface area contributed by atoms with E-state index in [1.54, 1.807) is 33.8 Å². The molecule has 0 saturated carbocycles. The average molecular weight is 586 g/mol. The van der Waals surface area contributed by atoms with Crippen LogP contribution in [0.15, 0.2) is 47.5 Å². The van der Waals surface area contributed by atoms with E-state index < -0.39 is 30.7 Å². The molecule has 0 bridgehead atoms. The van der Waals surface area contributed by atoms with E-state index in [1.807, 2.05) is 12.1 Å². The highest BCUT2D eigenvalue weighted by molar-refractivity contribution is 7.47. The lowest BCUT2D eigenvalue weighted by atomic mass is 9.93. The molecule has 1 N–H and O–H groups in total. The van der Waals surface area contributed by atoms with Crippen LogP contribution in [-0.4, -0.2) is 41.8 Å². The van der Waals surface area contributed by atoms with Crippen molar-refractivity contribution in [3.05, 3.63) is 64.7 Å². The van der Waals surface area contributed by atoms with Crippen LogP contribution in [0.5, 0.6) is 5.75 Å². The number of benzene rings is 2. The second-order valence-corrected chi connectivity index (χ2v) is 12.4. The molecule has 0 amide bonds. The molecule has 222 valence electrons. The number of hydrogen-bond donors (Lipinski definition) is 1. The summed E-state index contributed by atoms with van der Waals surface area (Å²) in [7, 11) is -4.39. The largest absolute Gasteiger partial charge is 0.493 e. The van der Waals surface area contributed by atoms with Crippen LogP contribution in [0, 0.1) is 0 Å². The van der Waals surface area contributed by atoms with Crippen molar-refractivity contribution in [3.63, 3.8) is 0 Å². The molecule has 1 heterocycles. The van der Waals surface area contributed by atoms with Crippen LogP contribution in [-0.2, 0) is 43.8 Å². The number of ether oxygens (including phenoxy) is 2. The third-order valence-electron chi connectivity index (χ3n) is 6.36. The fourth-order valence-corrected chi connectivity index (χ4v) is 5.49. The van der Waals surface area contributed by atoms with Crippen LogP contribution in [0.3, 0.4) is 0 Å². The highest BCUT2D eigenvalue weighted by Crippen LogP contribution is 2.48. The Kier molecular flexibility index (Phi) is 10.5. The summed E-state index contributed by atoms with van der Waals surface area (Å²) < 4.78 is 75.5. The van der Waals surface area contributed by atoms with Gasteiger partial charge in [0, 0.05) is 6.92 Å². The van der Waals surface area contributed by atoms with Gasteiger partial charge in [0.05, 0.1) is 24.4 Å². The predicted octanol–water partition coefficient (Wildman–Crippen LogP) is 7.33. The summed E-state index contributed by atoms with van der Waals surface area (Å²) in [6, 6.07) is 12.2. The number of halogens is 3. The topological polar surface area (TPSA) is 86.6 Å². The molecule has 0 aromatic heterocycles. The SMILES string of the molecule is CCc1ccc(CCCOc2ccc(CCC3(COP(=O)(O)OC(C)(C)C)COC(C)=N3)cc2C(F)(F)F)cc1. The van der Waals surface area contributed by atoms with E-state index in [1.165, 1.54) is 11.6 Å². The van der Waals surface area contributed by atoms with E-state index in [0.717, 1.165) is 18.1 Å². The van der Waals surface area contributed by atoms with Crippen LogP contribution in [0.2, 0.25) is 0 Å². The predicted molar refractivity (Wildman–Crippen MR) is 148 cm³/mol. The molecule has 2 aromatic carbocycles. The minimum atomic E-state index is -4.60. The number of aliphatic imine (C=N–C) groups is 1. The lowest BCUT2D eigenvalue weighted by Gasteiger charge is -2.27. The molecule has 1 aliphatic heterocycles. The molecule has 11 heteroatoms. The van der Waals surface area contributed by atoms with Crippen molar-refractivity contribution in [2.24, 2.45) is 4.99 Å².